The fourth-order valence-corrected chi connectivity index (χ4v) is 3.48. The largest absolute Gasteiger partial charge is 0.383 e. The Kier molecular flexibility index (Phi) is 4.77. The summed E-state index contributed by atoms with van der Waals surface area (Å²) in [6.45, 7) is 4.00. The van der Waals surface area contributed by atoms with Gasteiger partial charge >= 0.3 is 0 Å². The van der Waals surface area contributed by atoms with Crippen molar-refractivity contribution >= 4 is 28.3 Å². The minimum Gasteiger partial charge on any atom is -0.383 e. The monoisotopic (exact) mass is 361 g/mol. The number of benzene rings is 2. The number of hydrogen-bond acceptors (Lipinski definition) is 4. The molecule has 5 nitrogen and oxygen atoms in total. The fourth-order valence-electron chi connectivity index (χ4n) is 3.48. The first-order valence-corrected chi connectivity index (χ1v) is 9.21. The first kappa shape index (κ1) is 17.5. The van der Waals surface area contributed by atoms with E-state index in [2.05, 4.69) is 41.4 Å². The number of aryl methyl sites for hydroxylation is 1. The molecular formula is C22H23N3O2. The molecular weight excluding hydrogens is 338 g/mol. The Morgan fingerprint density at radius 2 is 2.00 bits per heavy atom. The second-order valence-electron chi connectivity index (χ2n) is 6.86. The zero-order valence-corrected chi connectivity index (χ0v) is 15.7. The van der Waals surface area contributed by atoms with Crippen LogP contribution in [0.4, 0.5) is 11.5 Å². The zero-order valence-electron chi connectivity index (χ0n) is 15.7. The highest BCUT2D eigenvalue weighted by atomic mass is 16.5. The summed E-state index contributed by atoms with van der Waals surface area (Å²) in [6, 6.07) is 16.3. The van der Waals surface area contributed by atoms with Crippen molar-refractivity contribution in [1.82, 2.24) is 10.3 Å². The van der Waals surface area contributed by atoms with Crippen molar-refractivity contribution in [2.45, 2.75) is 13.3 Å². The predicted octanol–water partition coefficient (Wildman–Crippen LogP) is 3.61. The molecule has 0 radical (unpaired) electrons. The van der Waals surface area contributed by atoms with Gasteiger partial charge in [-0.15, -0.1) is 0 Å². The molecule has 5 heteroatoms. The van der Waals surface area contributed by atoms with E-state index in [0.717, 1.165) is 30.0 Å². The van der Waals surface area contributed by atoms with E-state index in [-0.39, 0.29) is 5.91 Å². The summed E-state index contributed by atoms with van der Waals surface area (Å²) in [5, 5.41) is 4.02. The highest BCUT2D eigenvalue weighted by Gasteiger charge is 2.23. The number of nitrogens with one attached hydrogen (secondary N) is 1. The number of amides is 1. The fraction of sp³-hybridized carbons (Fsp3) is 0.273. The van der Waals surface area contributed by atoms with Crippen LogP contribution in [0.15, 0.2) is 48.5 Å². The molecule has 2 heterocycles. The van der Waals surface area contributed by atoms with Crippen LogP contribution >= 0.6 is 0 Å². The number of pyridine rings is 1. The van der Waals surface area contributed by atoms with Crippen LogP contribution in [0.2, 0.25) is 0 Å². The molecule has 0 unspecified atom stereocenters. The van der Waals surface area contributed by atoms with Crippen molar-refractivity contribution in [3.63, 3.8) is 0 Å². The molecule has 3 aromatic rings. The first-order valence-electron chi connectivity index (χ1n) is 9.21. The van der Waals surface area contributed by atoms with Gasteiger partial charge in [-0.2, -0.15) is 0 Å². The van der Waals surface area contributed by atoms with Gasteiger partial charge < -0.3 is 15.0 Å². The van der Waals surface area contributed by atoms with Crippen LogP contribution in [0.3, 0.4) is 0 Å². The van der Waals surface area contributed by atoms with Crippen molar-refractivity contribution in [2.75, 3.05) is 31.7 Å². The number of nitrogens with zero attached hydrogens (tertiary/aromatic N) is 2. The maximum atomic E-state index is 12.1. The summed E-state index contributed by atoms with van der Waals surface area (Å²) >= 11 is 0. The average Bonchev–Trinajstić information content (AvgIpc) is 3.09. The van der Waals surface area contributed by atoms with Gasteiger partial charge in [-0.1, -0.05) is 12.1 Å². The summed E-state index contributed by atoms with van der Waals surface area (Å²) in [5.74, 6) is 0.936. The summed E-state index contributed by atoms with van der Waals surface area (Å²) in [7, 11) is 1.62. The standard InChI is InChI=1S/C22H23N3O2/c1-15-3-4-17-14-18-9-11-25(21(18)24-20(17)13-15)19-7-5-16(6-8-19)22(26)23-10-12-27-2/h3-8,13-14H,9-12H2,1-2H3,(H,23,26). The van der Waals surface area contributed by atoms with Crippen LogP contribution in [-0.4, -0.2) is 37.7 Å². The van der Waals surface area contributed by atoms with Gasteiger partial charge in [0.05, 0.1) is 12.1 Å². The van der Waals surface area contributed by atoms with Gasteiger partial charge in [0.2, 0.25) is 0 Å². The van der Waals surface area contributed by atoms with Gasteiger partial charge in [0, 0.05) is 36.8 Å². The molecule has 0 aliphatic carbocycles. The molecule has 1 aliphatic heterocycles. The minimum atomic E-state index is -0.0833. The summed E-state index contributed by atoms with van der Waals surface area (Å²) < 4.78 is 4.96. The molecule has 2 aromatic carbocycles. The van der Waals surface area contributed by atoms with Crippen molar-refractivity contribution < 1.29 is 9.53 Å². The Hall–Kier alpha value is -2.92. The highest BCUT2D eigenvalue weighted by Crippen LogP contribution is 2.35. The highest BCUT2D eigenvalue weighted by molar-refractivity contribution is 5.94. The third kappa shape index (κ3) is 3.51. The number of fused-ring (bicyclic) bond motifs is 2. The smallest absolute Gasteiger partial charge is 0.251 e. The number of carbonyl (C=O) groups excluding carboxylic acids is 1. The molecule has 0 spiro atoms. The lowest BCUT2D eigenvalue weighted by molar-refractivity contribution is 0.0937. The molecule has 0 bridgehead atoms. The number of methoxy groups -OCH3 is 1. The maximum absolute atomic E-state index is 12.1. The number of carbonyl (C=O) groups is 1. The number of hydrogen-bond donors (Lipinski definition) is 1. The van der Waals surface area contributed by atoms with Gasteiger partial charge in [0.25, 0.3) is 5.91 Å². The lowest BCUT2D eigenvalue weighted by atomic mass is 10.1. The van der Waals surface area contributed by atoms with E-state index in [1.807, 2.05) is 24.3 Å². The molecule has 27 heavy (non-hydrogen) atoms. The van der Waals surface area contributed by atoms with E-state index >= 15 is 0 Å². The second-order valence-corrected chi connectivity index (χ2v) is 6.86. The molecule has 1 N–H and O–H groups in total. The van der Waals surface area contributed by atoms with E-state index in [9.17, 15) is 4.79 Å². The topological polar surface area (TPSA) is 54.5 Å². The van der Waals surface area contributed by atoms with Crippen LogP contribution in [0.5, 0.6) is 0 Å². The lowest BCUT2D eigenvalue weighted by Gasteiger charge is -2.19. The Bertz CT molecular complexity index is 983. The SMILES string of the molecule is COCCNC(=O)c1ccc(N2CCc3cc4ccc(C)cc4nc32)cc1. The molecule has 4 rings (SSSR count). The number of aromatic nitrogens is 1. The summed E-state index contributed by atoms with van der Waals surface area (Å²) in [6.07, 6.45) is 0.978. The summed E-state index contributed by atoms with van der Waals surface area (Å²) in [5.41, 5.74) is 5.21. The van der Waals surface area contributed by atoms with Crippen LogP contribution < -0.4 is 10.2 Å². The summed E-state index contributed by atoms with van der Waals surface area (Å²) in [4.78, 5) is 19.3. The third-order valence-corrected chi connectivity index (χ3v) is 4.92. The minimum absolute atomic E-state index is 0.0833. The molecule has 1 aromatic heterocycles. The molecule has 1 aliphatic rings. The van der Waals surface area contributed by atoms with Crippen LogP contribution in [0.1, 0.15) is 21.5 Å². The predicted molar refractivity (Wildman–Crippen MR) is 108 cm³/mol. The molecule has 0 atom stereocenters. The van der Waals surface area contributed by atoms with Crippen molar-refractivity contribution in [2.24, 2.45) is 0 Å². The van der Waals surface area contributed by atoms with E-state index in [1.54, 1.807) is 7.11 Å². The second kappa shape index (κ2) is 7.37. The molecule has 0 fully saturated rings. The van der Waals surface area contributed by atoms with Crippen LogP contribution in [-0.2, 0) is 11.2 Å². The Morgan fingerprint density at radius 1 is 1.19 bits per heavy atom. The Balaban J connectivity index is 1.58. The van der Waals surface area contributed by atoms with Crippen molar-refractivity contribution in [1.29, 1.82) is 0 Å². The maximum Gasteiger partial charge on any atom is 0.251 e. The first-order chi connectivity index (χ1) is 13.2. The zero-order chi connectivity index (χ0) is 18.8. The third-order valence-electron chi connectivity index (χ3n) is 4.92. The van der Waals surface area contributed by atoms with Gasteiger partial charge in [-0.3, -0.25) is 4.79 Å². The van der Waals surface area contributed by atoms with E-state index in [4.69, 9.17) is 9.72 Å². The normalized spacial score (nSPS) is 13.0. The van der Waals surface area contributed by atoms with Crippen molar-refractivity contribution in [3.8, 4) is 0 Å². The van der Waals surface area contributed by atoms with Crippen LogP contribution in [0.25, 0.3) is 10.9 Å². The van der Waals surface area contributed by atoms with E-state index in [1.165, 1.54) is 16.5 Å². The number of anilines is 2. The van der Waals surface area contributed by atoms with E-state index < -0.39 is 0 Å². The number of rotatable bonds is 5. The lowest BCUT2D eigenvalue weighted by Crippen LogP contribution is -2.26. The van der Waals surface area contributed by atoms with Crippen molar-refractivity contribution in [3.05, 3.63) is 65.2 Å². The van der Waals surface area contributed by atoms with Gasteiger partial charge in [-0.05, 0) is 60.9 Å². The number of ether oxygens (including phenoxy) is 1. The average molecular weight is 361 g/mol. The Labute approximate surface area is 159 Å². The molecule has 1 amide bonds. The molecule has 0 saturated heterocycles. The van der Waals surface area contributed by atoms with Gasteiger partial charge in [0.1, 0.15) is 5.82 Å². The van der Waals surface area contributed by atoms with Gasteiger partial charge in [0.15, 0.2) is 0 Å². The molecule has 0 saturated carbocycles. The van der Waals surface area contributed by atoms with E-state index in [0.29, 0.717) is 18.7 Å². The van der Waals surface area contributed by atoms with Crippen LogP contribution in [0, 0.1) is 6.92 Å². The van der Waals surface area contributed by atoms with Gasteiger partial charge in [-0.25, -0.2) is 4.98 Å². The Morgan fingerprint density at radius 3 is 2.78 bits per heavy atom. The molecule has 138 valence electrons. The quantitative estimate of drug-likeness (QED) is 0.706.